The average Bonchev–Trinajstić information content (AvgIpc) is 2.28. The summed E-state index contributed by atoms with van der Waals surface area (Å²) in [5.74, 6) is 0.766. The summed E-state index contributed by atoms with van der Waals surface area (Å²) in [6.07, 6.45) is 6.08. The SMILES string of the molecule is CCCNC(CCOCCC)C(C)CCC. The zero-order valence-electron chi connectivity index (χ0n) is 11.7. The molecule has 0 saturated heterocycles. The van der Waals surface area contributed by atoms with Gasteiger partial charge in [-0.05, 0) is 38.1 Å². The molecule has 2 unspecified atom stereocenters. The van der Waals surface area contributed by atoms with E-state index in [1.165, 1.54) is 19.3 Å². The van der Waals surface area contributed by atoms with E-state index in [4.69, 9.17) is 4.74 Å². The van der Waals surface area contributed by atoms with Crippen LogP contribution in [-0.2, 0) is 4.74 Å². The van der Waals surface area contributed by atoms with Crippen molar-refractivity contribution < 1.29 is 4.74 Å². The standard InChI is InChI=1S/C14H31NO/c1-5-8-13(4)14(15-10-6-2)9-12-16-11-7-3/h13-15H,5-12H2,1-4H3. The quantitative estimate of drug-likeness (QED) is 0.547. The fourth-order valence-electron chi connectivity index (χ4n) is 2.03. The molecule has 0 aliphatic carbocycles. The molecule has 98 valence electrons. The lowest BCUT2D eigenvalue weighted by Gasteiger charge is -2.25. The van der Waals surface area contributed by atoms with E-state index < -0.39 is 0 Å². The Morgan fingerprint density at radius 2 is 1.69 bits per heavy atom. The molecule has 0 aromatic carbocycles. The molecule has 16 heavy (non-hydrogen) atoms. The highest BCUT2D eigenvalue weighted by Crippen LogP contribution is 2.13. The maximum atomic E-state index is 5.58. The highest BCUT2D eigenvalue weighted by Gasteiger charge is 2.15. The number of rotatable bonds is 11. The van der Waals surface area contributed by atoms with Crippen LogP contribution in [0.1, 0.15) is 59.8 Å². The van der Waals surface area contributed by atoms with E-state index in [0.29, 0.717) is 6.04 Å². The second kappa shape index (κ2) is 11.4. The van der Waals surface area contributed by atoms with Crippen LogP contribution in [0.3, 0.4) is 0 Å². The Bertz CT molecular complexity index is 139. The van der Waals surface area contributed by atoms with E-state index in [2.05, 4.69) is 33.0 Å². The van der Waals surface area contributed by atoms with Crippen molar-refractivity contribution in [2.24, 2.45) is 5.92 Å². The molecule has 0 rings (SSSR count). The van der Waals surface area contributed by atoms with E-state index in [9.17, 15) is 0 Å². The smallest absolute Gasteiger partial charge is 0.0480 e. The van der Waals surface area contributed by atoms with Gasteiger partial charge in [0.25, 0.3) is 0 Å². The maximum Gasteiger partial charge on any atom is 0.0480 e. The van der Waals surface area contributed by atoms with Crippen molar-refractivity contribution in [2.75, 3.05) is 19.8 Å². The lowest BCUT2D eigenvalue weighted by molar-refractivity contribution is 0.117. The Morgan fingerprint density at radius 1 is 0.938 bits per heavy atom. The largest absolute Gasteiger partial charge is 0.381 e. The average molecular weight is 229 g/mol. The van der Waals surface area contributed by atoms with Gasteiger partial charge in [0.15, 0.2) is 0 Å². The normalized spacial score (nSPS) is 15.0. The van der Waals surface area contributed by atoms with Crippen molar-refractivity contribution in [1.82, 2.24) is 5.32 Å². The van der Waals surface area contributed by atoms with Crippen molar-refractivity contribution in [3.05, 3.63) is 0 Å². The van der Waals surface area contributed by atoms with Crippen LogP contribution in [0.5, 0.6) is 0 Å². The van der Waals surface area contributed by atoms with Crippen molar-refractivity contribution in [3.63, 3.8) is 0 Å². The molecule has 0 aromatic heterocycles. The van der Waals surface area contributed by atoms with Gasteiger partial charge in [-0.15, -0.1) is 0 Å². The lowest BCUT2D eigenvalue weighted by Crippen LogP contribution is -2.36. The third-order valence-corrected chi connectivity index (χ3v) is 3.01. The molecule has 0 amide bonds. The molecule has 2 heteroatoms. The third-order valence-electron chi connectivity index (χ3n) is 3.01. The van der Waals surface area contributed by atoms with Gasteiger partial charge in [0, 0.05) is 19.3 Å². The van der Waals surface area contributed by atoms with Gasteiger partial charge in [-0.2, -0.15) is 0 Å². The van der Waals surface area contributed by atoms with Gasteiger partial charge in [-0.1, -0.05) is 34.1 Å². The molecule has 0 aliphatic rings. The molecule has 0 bridgehead atoms. The van der Waals surface area contributed by atoms with Gasteiger partial charge >= 0.3 is 0 Å². The molecule has 0 aromatic rings. The Morgan fingerprint density at radius 3 is 2.25 bits per heavy atom. The van der Waals surface area contributed by atoms with E-state index in [0.717, 1.165) is 38.5 Å². The van der Waals surface area contributed by atoms with Crippen molar-refractivity contribution in [3.8, 4) is 0 Å². The highest BCUT2D eigenvalue weighted by atomic mass is 16.5. The Hall–Kier alpha value is -0.0800. The summed E-state index contributed by atoms with van der Waals surface area (Å²) in [5.41, 5.74) is 0. The van der Waals surface area contributed by atoms with E-state index in [1.54, 1.807) is 0 Å². The van der Waals surface area contributed by atoms with Crippen LogP contribution in [0.25, 0.3) is 0 Å². The van der Waals surface area contributed by atoms with Crippen LogP contribution in [-0.4, -0.2) is 25.8 Å². The molecular weight excluding hydrogens is 198 g/mol. The van der Waals surface area contributed by atoms with Gasteiger partial charge < -0.3 is 10.1 Å². The number of hydrogen-bond donors (Lipinski definition) is 1. The first-order valence-electron chi connectivity index (χ1n) is 7.07. The summed E-state index contributed by atoms with van der Waals surface area (Å²) in [4.78, 5) is 0. The topological polar surface area (TPSA) is 21.3 Å². The molecule has 0 fully saturated rings. The van der Waals surface area contributed by atoms with Crippen LogP contribution in [0, 0.1) is 5.92 Å². The predicted molar refractivity (Wildman–Crippen MR) is 71.9 cm³/mol. The molecule has 0 spiro atoms. The predicted octanol–water partition coefficient (Wildman–Crippen LogP) is 3.61. The summed E-state index contributed by atoms with van der Waals surface area (Å²) in [6, 6.07) is 0.636. The molecule has 2 atom stereocenters. The van der Waals surface area contributed by atoms with Crippen molar-refractivity contribution in [2.45, 2.75) is 65.8 Å². The van der Waals surface area contributed by atoms with Gasteiger partial charge in [-0.3, -0.25) is 0 Å². The zero-order valence-corrected chi connectivity index (χ0v) is 11.7. The number of ether oxygens (including phenoxy) is 1. The monoisotopic (exact) mass is 229 g/mol. The highest BCUT2D eigenvalue weighted by molar-refractivity contribution is 4.72. The van der Waals surface area contributed by atoms with E-state index in [-0.39, 0.29) is 0 Å². The van der Waals surface area contributed by atoms with Crippen molar-refractivity contribution in [1.29, 1.82) is 0 Å². The Balaban J connectivity index is 3.79. The third kappa shape index (κ3) is 8.12. The van der Waals surface area contributed by atoms with Crippen molar-refractivity contribution >= 4 is 0 Å². The summed E-state index contributed by atoms with van der Waals surface area (Å²) < 4.78 is 5.58. The van der Waals surface area contributed by atoms with Crippen LogP contribution < -0.4 is 5.32 Å². The Labute approximate surface area is 102 Å². The van der Waals surface area contributed by atoms with Crippen LogP contribution in [0.4, 0.5) is 0 Å². The van der Waals surface area contributed by atoms with Crippen LogP contribution in [0.15, 0.2) is 0 Å². The first-order chi connectivity index (χ1) is 7.76. The fourth-order valence-corrected chi connectivity index (χ4v) is 2.03. The first-order valence-corrected chi connectivity index (χ1v) is 7.07. The van der Waals surface area contributed by atoms with Gasteiger partial charge in [0.2, 0.25) is 0 Å². The minimum Gasteiger partial charge on any atom is -0.381 e. The Kier molecular flexibility index (Phi) is 11.3. The van der Waals surface area contributed by atoms with E-state index >= 15 is 0 Å². The summed E-state index contributed by atoms with van der Waals surface area (Å²) in [5, 5.41) is 3.65. The number of hydrogen-bond acceptors (Lipinski definition) is 2. The number of nitrogens with one attached hydrogen (secondary N) is 1. The molecule has 1 N–H and O–H groups in total. The van der Waals surface area contributed by atoms with Crippen LogP contribution in [0.2, 0.25) is 0 Å². The summed E-state index contributed by atoms with van der Waals surface area (Å²) >= 11 is 0. The fraction of sp³-hybridized carbons (Fsp3) is 1.00. The van der Waals surface area contributed by atoms with Gasteiger partial charge in [0.05, 0.1) is 0 Å². The zero-order chi connectivity index (χ0) is 12.2. The van der Waals surface area contributed by atoms with Crippen LogP contribution >= 0.6 is 0 Å². The summed E-state index contributed by atoms with van der Waals surface area (Å²) in [6.45, 7) is 11.9. The second-order valence-corrected chi connectivity index (χ2v) is 4.73. The maximum absolute atomic E-state index is 5.58. The first kappa shape index (κ1) is 15.9. The molecule has 0 aliphatic heterocycles. The van der Waals surface area contributed by atoms with Gasteiger partial charge in [-0.25, -0.2) is 0 Å². The molecule has 0 saturated carbocycles. The minimum atomic E-state index is 0.636. The summed E-state index contributed by atoms with van der Waals surface area (Å²) in [7, 11) is 0. The minimum absolute atomic E-state index is 0.636. The van der Waals surface area contributed by atoms with Gasteiger partial charge in [0.1, 0.15) is 0 Å². The lowest BCUT2D eigenvalue weighted by atomic mass is 9.94. The molecule has 2 nitrogen and oxygen atoms in total. The van der Waals surface area contributed by atoms with E-state index in [1.807, 2.05) is 0 Å². The molecule has 0 heterocycles. The molecule has 0 radical (unpaired) electrons. The molecular formula is C14H31NO. The second-order valence-electron chi connectivity index (χ2n) is 4.73.